The van der Waals surface area contributed by atoms with Gasteiger partial charge < -0.3 is 19.9 Å². The Bertz CT molecular complexity index is 484. The predicted octanol–water partition coefficient (Wildman–Crippen LogP) is 1.08. The first-order valence-electron chi connectivity index (χ1n) is 7.05. The lowest BCUT2D eigenvalue weighted by Crippen LogP contribution is -2.54. The van der Waals surface area contributed by atoms with E-state index in [0.717, 1.165) is 13.1 Å². The van der Waals surface area contributed by atoms with Crippen LogP contribution >= 0.6 is 0 Å². The van der Waals surface area contributed by atoms with Crippen LogP contribution in [-0.2, 0) is 9.53 Å². The Labute approximate surface area is 124 Å². The highest BCUT2D eigenvalue weighted by molar-refractivity contribution is 5.83. The Kier molecular flexibility index (Phi) is 5.03. The number of ether oxygens (including phenoxy) is 1. The second-order valence-electron chi connectivity index (χ2n) is 5.00. The zero-order valence-electron chi connectivity index (χ0n) is 12.4. The molecule has 1 fully saturated rings. The molecule has 21 heavy (non-hydrogen) atoms. The molecule has 1 atom stereocenters. The summed E-state index contributed by atoms with van der Waals surface area (Å²) in [6.07, 6.45) is 0. The standard InChI is InChI=1S/C15H21N3O3/c1-12(14(19)21-2)16-15(20)18-10-8-17(9-11-18)13-6-4-3-5-7-13/h3-7,12H,8-11H2,1-2H3,(H,16,20)/t12-/m0/s1. The van der Waals surface area contributed by atoms with Gasteiger partial charge in [0, 0.05) is 31.9 Å². The molecule has 0 aliphatic carbocycles. The first kappa shape index (κ1) is 15.2. The van der Waals surface area contributed by atoms with Crippen molar-refractivity contribution in [2.75, 3.05) is 38.2 Å². The zero-order chi connectivity index (χ0) is 15.2. The van der Waals surface area contributed by atoms with E-state index in [1.54, 1.807) is 11.8 Å². The monoisotopic (exact) mass is 291 g/mol. The van der Waals surface area contributed by atoms with Gasteiger partial charge in [0.25, 0.3) is 0 Å². The number of anilines is 1. The fourth-order valence-electron chi connectivity index (χ4n) is 2.32. The molecule has 1 aliphatic rings. The molecule has 1 heterocycles. The van der Waals surface area contributed by atoms with E-state index in [0.29, 0.717) is 13.1 Å². The number of hydrogen-bond acceptors (Lipinski definition) is 4. The molecule has 0 radical (unpaired) electrons. The van der Waals surface area contributed by atoms with Crippen LogP contribution in [0.1, 0.15) is 6.92 Å². The summed E-state index contributed by atoms with van der Waals surface area (Å²) in [6.45, 7) is 4.45. The quantitative estimate of drug-likeness (QED) is 0.847. The van der Waals surface area contributed by atoms with E-state index in [1.165, 1.54) is 12.8 Å². The summed E-state index contributed by atoms with van der Waals surface area (Å²) < 4.78 is 4.59. The number of rotatable bonds is 3. The number of amides is 2. The van der Waals surface area contributed by atoms with Gasteiger partial charge in [0.15, 0.2) is 0 Å². The molecule has 6 nitrogen and oxygen atoms in total. The number of methoxy groups -OCH3 is 1. The molecule has 1 aromatic rings. The fourth-order valence-corrected chi connectivity index (χ4v) is 2.32. The van der Waals surface area contributed by atoms with Crippen molar-refractivity contribution in [3.8, 4) is 0 Å². The van der Waals surface area contributed by atoms with Gasteiger partial charge in [0.1, 0.15) is 6.04 Å². The maximum atomic E-state index is 12.1. The number of carbonyl (C=O) groups is 2. The van der Waals surface area contributed by atoms with Crippen molar-refractivity contribution in [1.29, 1.82) is 0 Å². The van der Waals surface area contributed by atoms with Crippen molar-refractivity contribution in [3.63, 3.8) is 0 Å². The average Bonchev–Trinajstić information content (AvgIpc) is 2.55. The minimum atomic E-state index is -0.630. The summed E-state index contributed by atoms with van der Waals surface area (Å²) in [5.41, 5.74) is 1.17. The summed E-state index contributed by atoms with van der Waals surface area (Å²) in [6, 6.07) is 9.28. The van der Waals surface area contributed by atoms with Crippen molar-refractivity contribution in [3.05, 3.63) is 30.3 Å². The molecule has 2 rings (SSSR count). The SMILES string of the molecule is COC(=O)[C@H](C)NC(=O)N1CCN(c2ccccc2)CC1. The highest BCUT2D eigenvalue weighted by Crippen LogP contribution is 2.15. The lowest BCUT2D eigenvalue weighted by atomic mass is 10.2. The van der Waals surface area contributed by atoms with Crippen LogP contribution in [0, 0.1) is 0 Å². The maximum Gasteiger partial charge on any atom is 0.328 e. The van der Waals surface area contributed by atoms with Crippen LogP contribution in [0.25, 0.3) is 0 Å². The predicted molar refractivity (Wildman–Crippen MR) is 80.2 cm³/mol. The molecule has 114 valence electrons. The molecular formula is C15H21N3O3. The topological polar surface area (TPSA) is 61.9 Å². The third kappa shape index (κ3) is 3.87. The van der Waals surface area contributed by atoms with Crippen LogP contribution in [0.5, 0.6) is 0 Å². The normalized spacial score (nSPS) is 16.3. The number of carbonyl (C=O) groups excluding carboxylic acids is 2. The molecule has 6 heteroatoms. The van der Waals surface area contributed by atoms with Gasteiger partial charge in [-0.2, -0.15) is 0 Å². The van der Waals surface area contributed by atoms with Crippen molar-refractivity contribution in [1.82, 2.24) is 10.2 Å². The summed E-state index contributed by atoms with van der Waals surface area (Å²) in [4.78, 5) is 27.3. The van der Waals surface area contributed by atoms with E-state index in [4.69, 9.17) is 0 Å². The van der Waals surface area contributed by atoms with E-state index in [-0.39, 0.29) is 6.03 Å². The van der Waals surface area contributed by atoms with Crippen LogP contribution in [0.3, 0.4) is 0 Å². The van der Waals surface area contributed by atoms with Crippen molar-refractivity contribution < 1.29 is 14.3 Å². The summed E-state index contributed by atoms with van der Waals surface area (Å²) in [7, 11) is 1.31. The molecule has 0 saturated carbocycles. The lowest BCUT2D eigenvalue weighted by molar-refractivity contribution is -0.142. The Morgan fingerprint density at radius 2 is 1.76 bits per heavy atom. The van der Waals surface area contributed by atoms with E-state index >= 15 is 0 Å². The van der Waals surface area contributed by atoms with Crippen molar-refractivity contribution >= 4 is 17.7 Å². The number of esters is 1. The van der Waals surface area contributed by atoms with Crippen LogP contribution in [0.15, 0.2) is 30.3 Å². The minimum absolute atomic E-state index is 0.222. The molecule has 0 unspecified atom stereocenters. The van der Waals surface area contributed by atoms with Crippen LogP contribution in [-0.4, -0.2) is 56.2 Å². The van der Waals surface area contributed by atoms with Crippen molar-refractivity contribution in [2.24, 2.45) is 0 Å². The molecule has 0 spiro atoms. The third-order valence-electron chi connectivity index (χ3n) is 3.58. The van der Waals surface area contributed by atoms with Gasteiger partial charge in [-0.3, -0.25) is 0 Å². The Balaban J connectivity index is 1.83. The second kappa shape index (κ2) is 6.97. The smallest absolute Gasteiger partial charge is 0.328 e. The Morgan fingerprint density at radius 3 is 2.33 bits per heavy atom. The maximum absolute atomic E-state index is 12.1. The van der Waals surface area contributed by atoms with Gasteiger partial charge in [0.2, 0.25) is 0 Å². The Hall–Kier alpha value is -2.24. The number of para-hydroxylation sites is 1. The zero-order valence-corrected chi connectivity index (χ0v) is 12.4. The van der Waals surface area contributed by atoms with Crippen LogP contribution in [0.4, 0.5) is 10.5 Å². The summed E-state index contributed by atoms with van der Waals surface area (Å²) in [5, 5.41) is 2.65. The first-order chi connectivity index (χ1) is 10.1. The third-order valence-corrected chi connectivity index (χ3v) is 3.58. The highest BCUT2D eigenvalue weighted by Gasteiger charge is 2.24. The number of nitrogens with zero attached hydrogens (tertiary/aromatic N) is 2. The molecule has 1 saturated heterocycles. The minimum Gasteiger partial charge on any atom is -0.467 e. The summed E-state index contributed by atoms with van der Waals surface area (Å²) >= 11 is 0. The number of piperazine rings is 1. The number of urea groups is 1. The van der Waals surface area contributed by atoms with Gasteiger partial charge in [-0.25, -0.2) is 9.59 Å². The first-order valence-corrected chi connectivity index (χ1v) is 7.05. The van der Waals surface area contributed by atoms with Gasteiger partial charge in [-0.1, -0.05) is 18.2 Å². The largest absolute Gasteiger partial charge is 0.467 e. The van der Waals surface area contributed by atoms with E-state index in [2.05, 4.69) is 27.1 Å². The molecular weight excluding hydrogens is 270 g/mol. The number of hydrogen-bond donors (Lipinski definition) is 1. The van der Waals surface area contributed by atoms with E-state index in [9.17, 15) is 9.59 Å². The van der Waals surface area contributed by atoms with E-state index < -0.39 is 12.0 Å². The highest BCUT2D eigenvalue weighted by atomic mass is 16.5. The molecule has 1 N–H and O–H groups in total. The molecule has 0 aromatic heterocycles. The van der Waals surface area contributed by atoms with Gasteiger partial charge >= 0.3 is 12.0 Å². The van der Waals surface area contributed by atoms with Gasteiger partial charge in [0.05, 0.1) is 7.11 Å². The Morgan fingerprint density at radius 1 is 1.14 bits per heavy atom. The molecule has 2 amide bonds. The average molecular weight is 291 g/mol. The van der Waals surface area contributed by atoms with Crippen molar-refractivity contribution in [2.45, 2.75) is 13.0 Å². The second-order valence-corrected chi connectivity index (χ2v) is 5.00. The molecule has 1 aromatic carbocycles. The lowest BCUT2D eigenvalue weighted by Gasteiger charge is -2.36. The summed E-state index contributed by atoms with van der Waals surface area (Å²) in [5.74, 6) is -0.439. The van der Waals surface area contributed by atoms with E-state index in [1.807, 2.05) is 18.2 Å². The van der Waals surface area contributed by atoms with Crippen LogP contribution < -0.4 is 10.2 Å². The number of nitrogens with one attached hydrogen (secondary N) is 1. The van der Waals surface area contributed by atoms with Gasteiger partial charge in [-0.05, 0) is 19.1 Å². The molecule has 1 aliphatic heterocycles. The van der Waals surface area contributed by atoms with Crippen LogP contribution in [0.2, 0.25) is 0 Å². The molecule has 0 bridgehead atoms. The fraction of sp³-hybridized carbons (Fsp3) is 0.467. The number of benzene rings is 1. The van der Waals surface area contributed by atoms with Gasteiger partial charge in [-0.15, -0.1) is 0 Å².